The number of esters is 1. The Morgan fingerprint density at radius 3 is 2.82 bits per heavy atom. The smallest absolute Gasteiger partial charge is 0.345 e. The number of benzene rings is 1. The van der Waals surface area contributed by atoms with Crippen molar-refractivity contribution in [2.45, 2.75) is 19.8 Å². The standard InChI is InChI=1S/C11H12ClNO4/c1-2-3-7-17-11(14)8-5-4-6-9(12)10(8)13(15)16/h4-6H,2-3,7H2,1H3. The van der Waals surface area contributed by atoms with Gasteiger partial charge in [0.2, 0.25) is 0 Å². The number of rotatable bonds is 5. The molecule has 0 spiro atoms. The number of carbonyl (C=O) groups excluding carboxylic acids is 1. The summed E-state index contributed by atoms with van der Waals surface area (Å²) in [5.41, 5.74) is -0.519. The molecular formula is C11H12ClNO4. The molecule has 0 N–H and O–H groups in total. The summed E-state index contributed by atoms with van der Waals surface area (Å²) in [5.74, 6) is -0.715. The van der Waals surface area contributed by atoms with Gasteiger partial charge < -0.3 is 4.74 Å². The molecular weight excluding hydrogens is 246 g/mol. The second-order valence-electron chi connectivity index (χ2n) is 3.38. The minimum atomic E-state index is -0.715. The fraction of sp³-hybridized carbons (Fsp3) is 0.364. The zero-order chi connectivity index (χ0) is 12.8. The Labute approximate surface area is 103 Å². The van der Waals surface area contributed by atoms with Gasteiger partial charge in [-0.3, -0.25) is 10.1 Å². The van der Waals surface area contributed by atoms with E-state index in [1.165, 1.54) is 18.2 Å². The molecule has 0 aromatic heterocycles. The lowest BCUT2D eigenvalue weighted by molar-refractivity contribution is -0.385. The van der Waals surface area contributed by atoms with Crippen LogP contribution in [-0.4, -0.2) is 17.5 Å². The molecule has 0 aliphatic rings. The van der Waals surface area contributed by atoms with Crippen LogP contribution < -0.4 is 0 Å². The number of para-hydroxylation sites is 1. The highest BCUT2D eigenvalue weighted by Crippen LogP contribution is 2.28. The molecule has 92 valence electrons. The minimum absolute atomic E-state index is 0.0695. The number of carbonyl (C=O) groups is 1. The van der Waals surface area contributed by atoms with Crippen molar-refractivity contribution in [3.63, 3.8) is 0 Å². The van der Waals surface area contributed by atoms with Gasteiger partial charge in [0.25, 0.3) is 0 Å². The van der Waals surface area contributed by atoms with Gasteiger partial charge in [-0.25, -0.2) is 4.79 Å². The van der Waals surface area contributed by atoms with E-state index in [0.29, 0.717) is 0 Å². The minimum Gasteiger partial charge on any atom is -0.462 e. The third kappa shape index (κ3) is 3.42. The molecule has 0 saturated carbocycles. The van der Waals surface area contributed by atoms with Crippen molar-refractivity contribution in [2.75, 3.05) is 6.61 Å². The van der Waals surface area contributed by atoms with E-state index in [1.807, 2.05) is 6.92 Å². The molecule has 0 atom stereocenters. The van der Waals surface area contributed by atoms with Gasteiger partial charge >= 0.3 is 11.7 Å². The van der Waals surface area contributed by atoms with Crippen LogP contribution in [0.4, 0.5) is 5.69 Å². The first-order chi connectivity index (χ1) is 8.07. The zero-order valence-corrected chi connectivity index (χ0v) is 10.1. The number of unbranched alkanes of at least 4 members (excludes halogenated alkanes) is 1. The summed E-state index contributed by atoms with van der Waals surface area (Å²) in [7, 11) is 0. The van der Waals surface area contributed by atoms with Gasteiger partial charge in [0.1, 0.15) is 10.6 Å². The number of nitro benzene ring substituents is 1. The molecule has 0 fully saturated rings. The van der Waals surface area contributed by atoms with Crippen LogP contribution in [0.15, 0.2) is 18.2 Å². The third-order valence-electron chi connectivity index (χ3n) is 2.12. The SMILES string of the molecule is CCCCOC(=O)c1cccc(Cl)c1[N+](=O)[O-]. The molecule has 0 aliphatic heterocycles. The summed E-state index contributed by atoms with van der Waals surface area (Å²) in [6.07, 6.45) is 1.60. The first-order valence-electron chi connectivity index (χ1n) is 5.18. The van der Waals surface area contributed by atoms with Crippen molar-refractivity contribution < 1.29 is 14.5 Å². The fourth-order valence-electron chi connectivity index (χ4n) is 1.25. The van der Waals surface area contributed by atoms with E-state index in [4.69, 9.17) is 16.3 Å². The predicted octanol–water partition coefficient (Wildman–Crippen LogP) is 3.21. The van der Waals surface area contributed by atoms with E-state index < -0.39 is 16.6 Å². The summed E-state index contributed by atoms with van der Waals surface area (Å²) in [6, 6.07) is 4.17. The van der Waals surface area contributed by atoms with Crippen molar-refractivity contribution in [3.8, 4) is 0 Å². The van der Waals surface area contributed by atoms with E-state index in [-0.39, 0.29) is 17.2 Å². The van der Waals surface area contributed by atoms with Crippen LogP contribution >= 0.6 is 11.6 Å². The maximum atomic E-state index is 11.6. The summed E-state index contributed by atoms with van der Waals surface area (Å²) in [5, 5.41) is 10.7. The van der Waals surface area contributed by atoms with Crippen LogP contribution in [0.1, 0.15) is 30.1 Å². The Hall–Kier alpha value is -1.62. The van der Waals surface area contributed by atoms with Gasteiger partial charge in [-0.15, -0.1) is 0 Å². The fourth-order valence-corrected chi connectivity index (χ4v) is 1.50. The molecule has 0 amide bonds. The average Bonchev–Trinajstić information content (AvgIpc) is 2.28. The molecule has 0 aliphatic carbocycles. The van der Waals surface area contributed by atoms with E-state index in [9.17, 15) is 14.9 Å². The van der Waals surface area contributed by atoms with E-state index in [2.05, 4.69) is 0 Å². The number of halogens is 1. The molecule has 0 unspecified atom stereocenters. The van der Waals surface area contributed by atoms with Gasteiger partial charge in [-0.2, -0.15) is 0 Å². The normalized spacial score (nSPS) is 10.0. The highest BCUT2D eigenvalue weighted by atomic mass is 35.5. The Morgan fingerprint density at radius 1 is 1.53 bits per heavy atom. The van der Waals surface area contributed by atoms with Crippen molar-refractivity contribution in [3.05, 3.63) is 38.9 Å². The number of hydrogen-bond acceptors (Lipinski definition) is 4. The molecule has 6 heteroatoms. The summed E-state index contributed by atoms with van der Waals surface area (Å²) in [6.45, 7) is 2.20. The van der Waals surface area contributed by atoms with E-state index >= 15 is 0 Å². The van der Waals surface area contributed by atoms with Gasteiger partial charge in [0, 0.05) is 0 Å². The van der Waals surface area contributed by atoms with Crippen LogP contribution in [0, 0.1) is 10.1 Å². The lowest BCUT2D eigenvalue weighted by atomic mass is 10.2. The lowest BCUT2D eigenvalue weighted by Crippen LogP contribution is -2.09. The lowest BCUT2D eigenvalue weighted by Gasteiger charge is -2.05. The number of nitro groups is 1. The molecule has 17 heavy (non-hydrogen) atoms. The molecule has 1 aromatic carbocycles. The molecule has 1 rings (SSSR count). The molecule has 0 bridgehead atoms. The Morgan fingerprint density at radius 2 is 2.24 bits per heavy atom. The average molecular weight is 258 g/mol. The highest BCUT2D eigenvalue weighted by molar-refractivity contribution is 6.33. The van der Waals surface area contributed by atoms with Gasteiger partial charge in [-0.05, 0) is 18.6 Å². The summed E-state index contributed by atoms with van der Waals surface area (Å²) >= 11 is 5.68. The van der Waals surface area contributed by atoms with E-state index in [1.54, 1.807) is 0 Å². The predicted molar refractivity (Wildman–Crippen MR) is 63.3 cm³/mol. The van der Waals surface area contributed by atoms with Gasteiger partial charge in [0.15, 0.2) is 0 Å². The van der Waals surface area contributed by atoms with Crippen molar-refractivity contribution >= 4 is 23.3 Å². The summed E-state index contributed by atoms with van der Waals surface area (Å²) in [4.78, 5) is 21.7. The molecule has 5 nitrogen and oxygen atoms in total. The van der Waals surface area contributed by atoms with Crippen LogP contribution in [0.25, 0.3) is 0 Å². The topological polar surface area (TPSA) is 69.4 Å². The third-order valence-corrected chi connectivity index (χ3v) is 2.43. The first-order valence-corrected chi connectivity index (χ1v) is 5.55. The molecule has 1 aromatic rings. The van der Waals surface area contributed by atoms with Crippen LogP contribution in [0.2, 0.25) is 5.02 Å². The molecule has 0 radical (unpaired) electrons. The molecule has 0 saturated heterocycles. The first kappa shape index (κ1) is 13.4. The van der Waals surface area contributed by atoms with Crippen LogP contribution in [0.5, 0.6) is 0 Å². The van der Waals surface area contributed by atoms with Crippen LogP contribution in [0.3, 0.4) is 0 Å². The van der Waals surface area contributed by atoms with E-state index in [0.717, 1.165) is 12.8 Å². The van der Waals surface area contributed by atoms with Crippen molar-refractivity contribution in [1.82, 2.24) is 0 Å². The maximum Gasteiger partial charge on any atom is 0.345 e. The quantitative estimate of drug-likeness (QED) is 0.351. The second-order valence-corrected chi connectivity index (χ2v) is 3.79. The number of nitrogens with zero attached hydrogens (tertiary/aromatic N) is 1. The number of hydrogen-bond donors (Lipinski definition) is 0. The Balaban J connectivity index is 2.93. The Bertz CT molecular complexity index is 433. The monoisotopic (exact) mass is 257 g/mol. The Kier molecular flexibility index (Phi) is 4.90. The summed E-state index contributed by atoms with van der Waals surface area (Å²) < 4.78 is 4.91. The van der Waals surface area contributed by atoms with Gasteiger partial charge in [0.05, 0.1) is 11.5 Å². The van der Waals surface area contributed by atoms with Crippen molar-refractivity contribution in [2.24, 2.45) is 0 Å². The number of ether oxygens (including phenoxy) is 1. The highest BCUT2D eigenvalue weighted by Gasteiger charge is 2.24. The van der Waals surface area contributed by atoms with Gasteiger partial charge in [-0.1, -0.05) is 31.0 Å². The largest absolute Gasteiger partial charge is 0.462 e. The van der Waals surface area contributed by atoms with Crippen LogP contribution in [-0.2, 0) is 4.74 Å². The maximum absolute atomic E-state index is 11.6. The van der Waals surface area contributed by atoms with Crippen molar-refractivity contribution in [1.29, 1.82) is 0 Å². The molecule has 0 heterocycles. The second kappa shape index (κ2) is 6.20. The zero-order valence-electron chi connectivity index (χ0n) is 9.31.